The van der Waals surface area contributed by atoms with E-state index in [1.807, 2.05) is 0 Å². The molecular formula is C22H25F3N2O8S. The summed E-state index contributed by atoms with van der Waals surface area (Å²) in [6, 6.07) is 6.86. The van der Waals surface area contributed by atoms with Crippen LogP contribution in [0.25, 0.3) is 11.1 Å². The van der Waals surface area contributed by atoms with Crippen molar-refractivity contribution in [2.75, 3.05) is 17.6 Å². The van der Waals surface area contributed by atoms with E-state index in [0.717, 1.165) is 25.3 Å². The number of sulfonamides is 1. The number of hydrogen-bond acceptors (Lipinski definition) is 8. The van der Waals surface area contributed by atoms with E-state index in [9.17, 15) is 41.7 Å². The van der Waals surface area contributed by atoms with E-state index in [4.69, 9.17) is 9.47 Å². The number of ether oxygens (including phenoxy) is 2. The van der Waals surface area contributed by atoms with E-state index in [0.29, 0.717) is 0 Å². The van der Waals surface area contributed by atoms with Crippen molar-refractivity contribution < 1.29 is 51.2 Å². The molecule has 5 N–H and O–H groups in total. The summed E-state index contributed by atoms with van der Waals surface area (Å²) >= 11 is 0. The molecule has 0 aromatic heterocycles. The molecule has 0 spiro atoms. The van der Waals surface area contributed by atoms with Crippen molar-refractivity contribution in [2.24, 2.45) is 0 Å². The Morgan fingerprint density at radius 1 is 1.14 bits per heavy atom. The van der Waals surface area contributed by atoms with Gasteiger partial charge in [0.1, 0.15) is 30.1 Å². The van der Waals surface area contributed by atoms with Gasteiger partial charge in [-0.1, -0.05) is 18.2 Å². The fraction of sp³-hybridized carbons (Fsp3) is 0.409. The summed E-state index contributed by atoms with van der Waals surface area (Å²) < 4.78 is 78.6. The summed E-state index contributed by atoms with van der Waals surface area (Å²) in [6.07, 6.45) is -10.2. The summed E-state index contributed by atoms with van der Waals surface area (Å²) in [5, 5.41) is 32.5. The van der Waals surface area contributed by atoms with Gasteiger partial charge in [-0.2, -0.15) is 13.2 Å². The Hall–Kier alpha value is -2.91. The molecular weight excluding hydrogens is 509 g/mol. The zero-order chi connectivity index (χ0) is 26.8. The van der Waals surface area contributed by atoms with Gasteiger partial charge >= 0.3 is 6.18 Å². The average molecular weight is 535 g/mol. The van der Waals surface area contributed by atoms with E-state index in [1.54, 1.807) is 0 Å². The molecule has 0 saturated carbocycles. The average Bonchev–Trinajstić information content (AvgIpc) is 2.76. The highest BCUT2D eigenvalue weighted by Gasteiger charge is 2.46. The summed E-state index contributed by atoms with van der Waals surface area (Å²) in [4.78, 5) is 11.7. The molecule has 1 aliphatic rings. The zero-order valence-electron chi connectivity index (χ0n) is 19.1. The number of benzene rings is 2. The van der Waals surface area contributed by atoms with Crippen LogP contribution in [0.2, 0.25) is 0 Å². The molecule has 5 atom stereocenters. The van der Waals surface area contributed by atoms with Crippen molar-refractivity contribution in [3.63, 3.8) is 0 Å². The molecule has 198 valence electrons. The summed E-state index contributed by atoms with van der Waals surface area (Å²) in [6.45, 7) is 0.365. The van der Waals surface area contributed by atoms with Crippen LogP contribution in [0.3, 0.4) is 0 Å². The first-order valence-electron chi connectivity index (χ1n) is 10.6. The normalized spacial score (nSPS) is 24.7. The van der Waals surface area contributed by atoms with Crippen LogP contribution in [0, 0.1) is 0 Å². The first-order valence-corrected chi connectivity index (χ1v) is 12.4. The maximum atomic E-state index is 14.0. The Kier molecular flexibility index (Phi) is 8.15. The van der Waals surface area contributed by atoms with Crippen molar-refractivity contribution in [3.8, 4) is 16.9 Å². The third-order valence-corrected chi connectivity index (χ3v) is 5.89. The second-order valence-electron chi connectivity index (χ2n) is 8.18. The molecule has 1 heterocycles. The smallest absolute Gasteiger partial charge is 0.417 e. The molecule has 14 heteroatoms. The molecule has 0 aliphatic carbocycles. The Morgan fingerprint density at radius 3 is 2.39 bits per heavy atom. The number of aliphatic hydroxyl groups excluding tert-OH is 3. The van der Waals surface area contributed by atoms with Crippen molar-refractivity contribution in [3.05, 3.63) is 48.0 Å². The Balaban J connectivity index is 2.12. The van der Waals surface area contributed by atoms with E-state index >= 15 is 0 Å². The third kappa shape index (κ3) is 6.44. The number of aliphatic hydroxyl groups is 3. The second kappa shape index (κ2) is 10.6. The minimum Gasteiger partial charge on any atom is -0.462 e. The Bertz CT molecular complexity index is 1210. The number of nitrogens with one attached hydrogen (secondary N) is 2. The van der Waals surface area contributed by atoms with Crippen molar-refractivity contribution in [1.29, 1.82) is 0 Å². The number of amides is 1. The van der Waals surface area contributed by atoms with E-state index in [2.05, 4.69) is 10.0 Å². The summed E-state index contributed by atoms with van der Waals surface area (Å²) in [7, 11) is -3.73. The first kappa shape index (κ1) is 27.7. The van der Waals surface area contributed by atoms with Gasteiger partial charge in [-0.25, -0.2) is 8.42 Å². The fourth-order valence-electron chi connectivity index (χ4n) is 3.81. The number of anilines is 1. The van der Waals surface area contributed by atoms with Gasteiger partial charge in [0, 0.05) is 18.2 Å². The van der Waals surface area contributed by atoms with Crippen LogP contribution in [-0.2, 0) is 25.7 Å². The molecule has 0 unspecified atom stereocenters. The van der Waals surface area contributed by atoms with Gasteiger partial charge in [0.05, 0.1) is 18.4 Å². The highest BCUT2D eigenvalue weighted by atomic mass is 32.2. The van der Waals surface area contributed by atoms with Gasteiger partial charge in [-0.3, -0.25) is 9.52 Å². The third-order valence-electron chi connectivity index (χ3n) is 5.28. The van der Waals surface area contributed by atoms with Crippen molar-refractivity contribution >= 4 is 21.6 Å². The lowest BCUT2D eigenvalue weighted by Crippen LogP contribution is -2.65. The maximum Gasteiger partial charge on any atom is 0.417 e. The second-order valence-corrected chi connectivity index (χ2v) is 9.93. The number of alkyl halides is 3. The lowest BCUT2D eigenvalue weighted by Gasteiger charge is -2.42. The number of carbonyl (C=O) groups excluding carboxylic acids is 1. The van der Waals surface area contributed by atoms with Crippen LogP contribution in [0.4, 0.5) is 18.9 Å². The summed E-state index contributed by atoms with van der Waals surface area (Å²) in [5.41, 5.74) is -1.63. The largest absolute Gasteiger partial charge is 0.462 e. The molecule has 36 heavy (non-hydrogen) atoms. The molecule has 1 fully saturated rings. The van der Waals surface area contributed by atoms with E-state index in [-0.39, 0.29) is 17.0 Å². The molecule has 0 radical (unpaired) electrons. The van der Waals surface area contributed by atoms with Crippen LogP contribution >= 0.6 is 0 Å². The van der Waals surface area contributed by atoms with Crippen LogP contribution in [0.15, 0.2) is 42.5 Å². The molecule has 2 aromatic rings. The summed E-state index contributed by atoms with van der Waals surface area (Å²) in [5.74, 6) is -1.02. The number of hydrogen-bond donors (Lipinski definition) is 5. The predicted molar refractivity (Wildman–Crippen MR) is 121 cm³/mol. The number of rotatable bonds is 7. The molecule has 3 rings (SSSR count). The fourth-order valence-corrected chi connectivity index (χ4v) is 4.37. The highest BCUT2D eigenvalue weighted by Crippen LogP contribution is 2.43. The highest BCUT2D eigenvalue weighted by molar-refractivity contribution is 7.92. The SMILES string of the molecule is CC(=O)N[C@H]1[C@H](Oc2cccc(C(F)(F)F)c2-c2cccc(NS(C)(=O)=O)c2)O[C@H](CO)[C@H](O)[C@@H]1O. The topological polar surface area (TPSA) is 154 Å². The lowest BCUT2D eigenvalue weighted by molar-refractivity contribution is -0.244. The molecule has 10 nitrogen and oxygen atoms in total. The van der Waals surface area contributed by atoms with Crippen LogP contribution in [-0.4, -0.2) is 73.2 Å². The Morgan fingerprint density at radius 2 is 1.81 bits per heavy atom. The van der Waals surface area contributed by atoms with Gasteiger partial charge < -0.3 is 30.1 Å². The van der Waals surface area contributed by atoms with Crippen LogP contribution < -0.4 is 14.8 Å². The maximum absolute atomic E-state index is 14.0. The van der Waals surface area contributed by atoms with Gasteiger partial charge in [0.25, 0.3) is 0 Å². The molecule has 1 aliphatic heterocycles. The van der Waals surface area contributed by atoms with Gasteiger partial charge in [-0.05, 0) is 29.8 Å². The predicted octanol–water partition coefficient (Wildman–Crippen LogP) is 1.07. The minimum atomic E-state index is -4.84. The standard InChI is InChI=1S/C22H25F3N2O8S/c1-11(29)26-18-20(31)19(30)16(10-28)35-21(18)34-15-8-4-7-14(22(23,24)25)17(15)12-5-3-6-13(9-12)27-36(2,32)33/h3-9,16,18-21,27-28,30-31H,10H2,1-2H3,(H,26,29)/t16-,18-,19+,20-,21-/m1/s1. The van der Waals surface area contributed by atoms with E-state index in [1.165, 1.54) is 30.3 Å². The van der Waals surface area contributed by atoms with Gasteiger partial charge in [-0.15, -0.1) is 0 Å². The molecule has 1 amide bonds. The quantitative estimate of drug-likeness (QED) is 0.354. The molecule has 0 bridgehead atoms. The monoisotopic (exact) mass is 534 g/mol. The van der Waals surface area contributed by atoms with Gasteiger partial charge in [0.15, 0.2) is 0 Å². The van der Waals surface area contributed by atoms with Crippen LogP contribution in [0.1, 0.15) is 12.5 Å². The molecule has 1 saturated heterocycles. The molecule has 2 aromatic carbocycles. The van der Waals surface area contributed by atoms with E-state index < -0.39 is 70.5 Å². The first-order chi connectivity index (χ1) is 16.7. The number of carbonyl (C=O) groups is 1. The van der Waals surface area contributed by atoms with Crippen molar-refractivity contribution in [2.45, 2.75) is 43.7 Å². The van der Waals surface area contributed by atoms with Crippen molar-refractivity contribution in [1.82, 2.24) is 5.32 Å². The Labute approximate surface area is 204 Å². The number of halogens is 3. The van der Waals surface area contributed by atoms with Crippen LogP contribution in [0.5, 0.6) is 5.75 Å². The van der Waals surface area contributed by atoms with Gasteiger partial charge in [0.2, 0.25) is 22.2 Å². The lowest BCUT2D eigenvalue weighted by atomic mass is 9.96. The minimum absolute atomic E-state index is 0.00172. The zero-order valence-corrected chi connectivity index (χ0v) is 19.9.